The van der Waals surface area contributed by atoms with Gasteiger partial charge >= 0.3 is 0 Å². The summed E-state index contributed by atoms with van der Waals surface area (Å²) in [6, 6.07) is 3.69. The minimum absolute atomic E-state index is 0.900. The van der Waals surface area contributed by atoms with Crippen LogP contribution in [-0.2, 0) is 0 Å². The van der Waals surface area contributed by atoms with Gasteiger partial charge in [-0.3, -0.25) is 0 Å². The van der Waals surface area contributed by atoms with Gasteiger partial charge in [0.25, 0.3) is 0 Å². The number of hydrogen-bond acceptors (Lipinski definition) is 2. The van der Waals surface area contributed by atoms with Crippen LogP contribution in [0.3, 0.4) is 0 Å². The number of fused-ring (bicyclic) bond motifs is 4. The molecule has 2 nitrogen and oxygen atoms in total. The van der Waals surface area contributed by atoms with Crippen molar-refractivity contribution in [2.75, 3.05) is 14.1 Å². The average molecular weight is 349 g/mol. The molecule has 0 amide bonds. The summed E-state index contributed by atoms with van der Waals surface area (Å²) in [4.78, 5) is 5.28. The molecule has 4 aliphatic heterocycles. The van der Waals surface area contributed by atoms with E-state index in [1.807, 2.05) is 0 Å². The lowest BCUT2D eigenvalue weighted by molar-refractivity contribution is 0.0232. The van der Waals surface area contributed by atoms with Gasteiger partial charge in [0, 0.05) is 24.2 Å². The molecule has 4 heterocycles. The van der Waals surface area contributed by atoms with Gasteiger partial charge in [-0.25, -0.2) is 0 Å². The Bertz CT molecular complexity index is 390. The molecular weight excluding hydrogens is 304 g/mol. The van der Waals surface area contributed by atoms with Crippen molar-refractivity contribution in [3.8, 4) is 0 Å². The third-order valence-electron chi connectivity index (χ3n) is 8.40. The van der Waals surface area contributed by atoms with Gasteiger partial charge in [0.15, 0.2) is 0 Å². The lowest BCUT2D eigenvalue weighted by atomic mass is 9.74. The molecule has 146 valence electrons. The maximum absolute atomic E-state index is 2.66. The lowest BCUT2D eigenvalue weighted by Crippen LogP contribution is -2.50. The predicted octanol–water partition coefficient (Wildman–Crippen LogP) is 5.42. The van der Waals surface area contributed by atoms with Crippen LogP contribution in [0.25, 0.3) is 0 Å². The van der Waals surface area contributed by atoms with Gasteiger partial charge in [-0.05, 0) is 89.1 Å². The molecule has 0 spiro atoms. The number of piperidine rings is 3. The van der Waals surface area contributed by atoms with Crippen molar-refractivity contribution in [1.29, 1.82) is 0 Å². The molecular formula is C23H44N2. The van der Waals surface area contributed by atoms with Gasteiger partial charge < -0.3 is 9.80 Å². The van der Waals surface area contributed by atoms with E-state index in [-0.39, 0.29) is 0 Å². The molecule has 4 rings (SSSR count). The van der Waals surface area contributed by atoms with Gasteiger partial charge in [0.2, 0.25) is 0 Å². The molecule has 4 saturated heterocycles. The van der Waals surface area contributed by atoms with Crippen molar-refractivity contribution in [3.63, 3.8) is 0 Å². The highest BCUT2D eigenvalue weighted by atomic mass is 15.2. The quantitative estimate of drug-likeness (QED) is 0.657. The van der Waals surface area contributed by atoms with Crippen LogP contribution < -0.4 is 0 Å². The molecule has 0 saturated carbocycles. The van der Waals surface area contributed by atoms with E-state index in [0.717, 1.165) is 47.8 Å². The molecule has 2 unspecified atom stereocenters. The molecule has 4 aliphatic rings. The van der Waals surface area contributed by atoms with Crippen LogP contribution in [0.1, 0.15) is 85.5 Å². The van der Waals surface area contributed by atoms with Crippen LogP contribution in [0.15, 0.2) is 0 Å². The zero-order valence-electron chi connectivity index (χ0n) is 17.9. The first-order chi connectivity index (χ1) is 11.9. The van der Waals surface area contributed by atoms with Gasteiger partial charge in [0.05, 0.1) is 0 Å². The summed E-state index contributed by atoms with van der Waals surface area (Å²) >= 11 is 0. The molecule has 0 aromatic rings. The minimum Gasteiger partial charge on any atom is -0.300 e. The molecule has 0 aromatic carbocycles. The lowest BCUT2D eigenvalue weighted by Gasteiger charge is -2.48. The first-order valence-corrected chi connectivity index (χ1v) is 11.3. The second-order valence-electron chi connectivity index (χ2n) is 10.4. The maximum atomic E-state index is 2.66. The predicted molar refractivity (Wildman–Crippen MR) is 109 cm³/mol. The van der Waals surface area contributed by atoms with E-state index < -0.39 is 0 Å². The van der Waals surface area contributed by atoms with Crippen molar-refractivity contribution in [2.45, 2.75) is 110 Å². The van der Waals surface area contributed by atoms with E-state index in [1.54, 1.807) is 0 Å². The number of rotatable bonds is 2. The summed E-state index contributed by atoms with van der Waals surface area (Å²) < 4.78 is 0. The molecule has 0 radical (unpaired) electrons. The third kappa shape index (κ3) is 4.43. The summed E-state index contributed by atoms with van der Waals surface area (Å²) in [7, 11) is 4.66. The highest BCUT2D eigenvalue weighted by Gasteiger charge is 2.39. The van der Waals surface area contributed by atoms with Crippen molar-refractivity contribution in [1.82, 2.24) is 9.80 Å². The summed E-state index contributed by atoms with van der Waals surface area (Å²) in [6.07, 6.45) is 13.2. The Hall–Kier alpha value is -0.0800. The monoisotopic (exact) mass is 348 g/mol. The van der Waals surface area contributed by atoms with Gasteiger partial charge in [0.1, 0.15) is 0 Å². The minimum atomic E-state index is 0.900. The summed E-state index contributed by atoms with van der Waals surface area (Å²) in [5.74, 6) is 3.82. The average Bonchev–Trinajstić information content (AvgIpc) is 2.76. The van der Waals surface area contributed by atoms with E-state index in [9.17, 15) is 0 Å². The second kappa shape index (κ2) is 8.30. The Morgan fingerprint density at radius 1 is 0.560 bits per heavy atom. The van der Waals surface area contributed by atoms with Crippen molar-refractivity contribution < 1.29 is 0 Å². The largest absolute Gasteiger partial charge is 0.300 e. The summed E-state index contributed by atoms with van der Waals surface area (Å²) in [5, 5.41) is 0. The van der Waals surface area contributed by atoms with Gasteiger partial charge in [-0.2, -0.15) is 0 Å². The van der Waals surface area contributed by atoms with Crippen LogP contribution in [0, 0.1) is 23.7 Å². The summed E-state index contributed by atoms with van der Waals surface area (Å²) in [5.41, 5.74) is 0. The normalized spacial score (nSPS) is 41.8. The fourth-order valence-electron chi connectivity index (χ4n) is 6.20. The highest BCUT2D eigenvalue weighted by Crippen LogP contribution is 2.40. The smallest absolute Gasteiger partial charge is 0.00984 e. The Labute approximate surface area is 157 Å². The zero-order valence-corrected chi connectivity index (χ0v) is 17.9. The Morgan fingerprint density at radius 2 is 0.880 bits per heavy atom. The summed E-state index contributed by atoms with van der Waals surface area (Å²) in [6.45, 7) is 9.56. The van der Waals surface area contributed by atoms with Crippen molar-refractivity contribution >= 4 is 0 Å². The van der Waals surface area contributed by atoms with Crippen LogP contribution in [0.2, 0.25) is 0 Å². The molecule has 0 aliphatic carbocycles. The molecule has 4 fully saturated rings. The zero-order chi connectivity index (χ0) is 18.1. The maximum Gasteiger partial charge on any atom is 0.00984 e. The second-order valence-corrected chi connectivity index (χ2v) is 10.4. The SMILES string of the molecule is CC(C)C1C[C@H]2CCC[C@@H](C1)N2C.CC(C)C1C[C@H]2CC[C@@H](C1)N2C. The molecule has 25 heavy (non-hydrogen) atoms. The molecule has 0 aromatic heterocycles. The standard InChI is InChI=1S/C12H23N.C11H21N/c1-9(2)10-7-11-5-4-6-12(8-10)13(11)3;1-8(2)9-6-10-4-5-11(7-9)12(10)3/h9-12H,4-8H2,1-3H3;8-11H,4-7H2,1-3H3/t10?,11-,12+;9?,10-,11+. The van der Waals surface area contributed by atoms with E-state index >= 15 is 0 Å². The fourth-order valence-corrected chi connectivity index (χ4v) is 6.20. The first-order valence-electron chi connectivity index (χ1n) is 11.3. The third-order valence-corrected chi connectivity index (χ3v) is 8.40. The topological polar surface area (TPSA) is 6.48 Å². The van der Waals surface area contributed by atoms with Crippen LogP contribution in [0.5, 0.6) is 0 Å². The Kier molecular flexibility index (Phi) is 6.53. The van der Waals surface area contributed by atoms with Crippen molar-refractivity contribution in [3.05, 3.63) is 0 Å². The van der Waals surface area contributed by atoms with E-state index in [0.29, 0.717) is 0 Å². The van der Waals surface area contributed by atoms with E-state index in [4.69, 9.17) is 0 Å². The molecule has 6 atom stereocenters. The van der Waals surface area contributed by atoms with E-state index in [2.05, 4.69) is 51.6 Å². The molecule has 0 N–H and O–H groups in total. The Morgan fingerprint density at radius 3 is 1.20 bits per heavy atom. The van der Waals surface area contributed by atoms with Crippen LogP contribution in [-0.4, -0.2) is 48.1 Å². The number of hydrogen-bond donors (Lipinski definition) is 0. The molecule has 2 heteroatoms. The highest BCUT2D eigenvalue weighted by molar-refractivity contribution is 4.94. The van der Waals surface area contributed by atoms with Gasteiger partial charge in [-0.1, -0.05) is 34.1 Å². The van der Waals surface area contributed by atoms with Crippen LogP contribution >= 0.6 is 0 Å². The fraction of sp³-hybridized carbons (Fsp3) is 1.00. The van der Waals surface area contributed by atoms with E-state index in [1.165, 1.54) is 57.8 Å². The number of nitrogens with zero attached hydrogens (tertiary/aromatic N) is 2. The van der Waals surface area contributed by atoms with Gasteiger partial charge in [-0.15, -0.1) is 0 Å². The first kappa shape index (κ1) is 19.7. The Balaban J connectivity index is 0.000000146. The van der Waals surface area contributed by atoms with Crippen molar-refractivity contribution in [2.24, 2.45) is 23.7 Å². The molecule has 4 bridgehead atoms. The van der Waals surface area contributed by atoms with Crippen LogP contribution in [0.4, 0.5) is 0 Å².